The molecular formula is C18H24N2O2. The van der Waals surface area contributed by atoms with Gasteiger partial charge in [-0.15, -0.1) is 0 Å². The lowest BCUT2D eigenvalue weighted by atomic mass is 9.94. The van der Waals surface area contributed by atoms with Crippen molar-refractivity contribution in [3.05, 3.63) is 35.7 Å². The van der Waals surface area contributed by atoms with Crippen LogP contribution in [-0.4, -0.2) is 33.7 Å². The Morgan fingerprint density at radius 1 is 1.36 bits per heavy atom. The number of aryl methyl sites for hydroxylation is 1. The van der Waals surface area contributed by atoms with Gasteiger partial charge < -0.3 is 4.74 Å². The van der Waals surface area contributed by atoms with E-state index >= 15 is 0 Å². The molecule has 2 atom stereocenters. The summed E-state index contributed by atoms with van der Waals surface area (Å²) in [4.78, 5) is 18.8. The van der Waals surface area contributed by atoms with Gasteiger partial charge in [-0.2, -0.15) is 0 Å². The maximum Gasteiger partial charge on any atom is 0.411 e. The van der Waals surface area contributed by atoms with E-state index < -0.39 is 5.60 Å². The third-order valence-electron chi connectivity index (χ3n) is 4.35. The third-order valence-corrected chi connectivity index (χ3v) is 4.35. The predicted molar refractivity (Wildman–Crippen MR) is 86.5 cm³/mol. The van der Waals surface area contributed by atoms with Gasteiger partial charge in [0, 0.05) is 17.9 Å². The molecule has 22 heavy (non-hydrogen) atoms. The summed E-state index contributed by atoms with van der Waals surface area (Å²) in [6, 6.07) is 4.50. The van der Waals surface area contributed by atoms with Gasteiger partial charge in [0.2, 0.25) is 0 Å². The number of rotatable bonds is 1. The fourth-order valence-electron chi connectivity index (χ4n) is 3.45. The van der Waals surface area contributed by atoms with E-state index in [9.17, 15) is 4.79 Å². The highest BCUT2D eigenvalue weighted by Crippen LogP contribution is 2.39. The number of carbonyl (C=O) groups is 1. The fraction of sp³-hybridized carbons (Fsp3) is 0.556. The van der Waals surface area contributed by atoms with Crippen molar-refractivity contribution in [3.63, 3.8) is 0 Å². The number of fused-ring (bicyclic) bond motifs is 2. The molecular weight excluding hydrogens is 276 g/mol. The number of ether oxygens (including phenoxy) is 1. The molecule has 3 heterocycles. The third kappa shape index (κ3) is 2.87. The quantitative estimate of drug-likeness (QED) is 0.788. The van der Waals surface area contributed by atoms with Crippen LogP contribution < -0.4 is 0 Å². The zero-order valence-corrected chi connectivity index (χ0v) is 13.8. The van der Waals surface area contributed by atoms with Crippen LogP contribution in [0.2, 0.25) is 0 Å². The lowest BCUT2D eigenvalue weighted by Gasteiger charge is -2.35. The number of hydrogen-bond acceptors (Lipinski definition) is 3. The van der Waals surface area contributed by atoms with Crippen molar-refractivity contribution in [1.29, 1.82) is 0 Å². The molecule has 2 aliphatic heterocycles. The van der Waals surface area contributed by atoms with Gasteiger partial charge in [-0.05, 0) is 64.2 Å². The van der Waals surface area contributed by atoms with Crippen LogP contribution in [0, 0.1) is 6.92 Å². The number of hydrogen-bond donors (Lipinski definition) is 0. The Kier molecular flexibility index (Phi) is 3.71. The van der Waals surface area contributed by atoms with Crippen molar-refractivity contribution < 1.29 is 9.53 Å². The van der Waals surface area contributed by atoms with Crippen LogP contribution in [0.5, 0.6) is 0 Å². The molecule has 1 fully saturated rings. The molecule has 2 aliphatic rings. The first-order chi connectivity index (χ1) is 10.3. The normalized spacial score (nSPS) is 24.2. The summed E-state index contributed by atoms with van der Waals surface area (Å²) in [6.07, 6.45) is 6.83. The lowest BCUT2D eigenvalue weighted by Crippen LogP contribution is -2.45. The molecule has 0 saturated carbocycles. The van der Waals surface area contributed by atoms with Crippen molar-refractivity contribution >= 4 is 11.7 Å². The molecule has 0 N–H and O–H groups in total. The molecule has 118 valence electrons. The number of nitrogens with zero attached hydrogens (tertiary/aromatic N) is 2. The van der Waals surface area contributed by atoms with Gasteiger partial charge in [0.05, 0.1) is 6.04 Å². The van der Waals surface area contributed by atoms with Crippen molar-refractivity contribution in [2.24, 2.45) is 0 Å². The van der Waals surface area contributed by atoms with Crippen LogP contribution in [0.1, 0.15) is 51.3 Å². The van der Waals surface area contributed by atoms with Gasteiger partial charge in [0.25, 0.3) is 0 Å². The Morgan fingerprint density at radius 2 is 2.14 bits per heavy atom. The standard InChI is InChI=1S/C18H24N2O2/c1-12-16(6-5-9-19-12)13-10-14-7-8-15(11-13)20(14)17(21)22-18(2,3)4/h5-6,9-10,14-15H,7-8,11H2,1-4H3. The van der Waals surface area contributed by atoms with Crippen LogP contribution in [-0.2, 0) is 4.74 Å². The van der Waals surface area contributed by atoms with Gasteiger partial charge >= 0.3 is 6.09 Å². The van der Waals surface area contributed by atoms with Crippen molar-refractivity contribution in [2.75, 3.05) is 0 Å². The molecule has 1 saturated heterocycles. The second kappa shape index (κ2) is 5.41. The topological polar surface area (TPSA) is 42.4 Å². The predicted octanol–water partition coefficient (Wildman–Crippen LogP) is 3.95. The average molecular weight is 300 g/mol. The van der Waals surface area contributed by atoms with E-state index in [1.165, 1.54) is 11.1 Å². The van der Waals surface area contributed by atoms with Crippen LogP contribution in [0.15, 0.2) is 24.4 Å². The van der Waals surface area contributed by atoms with E-state index in [4.69, 9.17) is 4.74 Å². The molecule has 2 bridgehead atoms. The van der Waals surface area contributed by atoms with Gasteiger partial charge in [-0.3, -0.25) is 9.88 Å². The van der Waals surface area contributed by atoms with Gasteiger partial charge in [0.15, 0.2) is 0 Å². The highest BCUT2D eigenvalue weighted by Gasteiger charge is 2.41. The SMILES string of the molecule is Cc1ncccc1C1=CC2CCC(C1)N2C(=O)OC(C)(C)C. The Bertz CT molecular complexity index is 616. The maximum atomic E-state index is 12.4. The lowest BCUT2D eigenvalue weighted by molar-refractivity contribution is 0.0175. The highest BCUT2D eigenvalue weighted by molar-refractivity contribution is 5.75. The summed E-state index contributed by atoms with van der Waals surface area (Å²) >= 11 is 0. The Labute approximate surface area is 132 Å². The van der Waals surface area contributed by atoms with Crippen LogP contribution in [0.4, 0.5) is 4.79 Å². The van der Waals surface area contributed by atoms with E-state index in [0.29, 0.717) is 0 Å². The highest BCUT2D eigenvalue weighted by atomic mass is 16.6. The Balaban J connectivity index is 1.84. The molecule has 3 rings (SSSR count). The molecule has 1 aromatic rings. The first-order valence-corrected chi connectivity index (χ1v) is 7.99. The van der Waals surface area contributed by atoms with Crippen LogP contribution in [0.3, 0.4) is 0 Å². The zero-order chi connectivity index (χ0) is 15.9. The molecule has 0 radical (unpaired) electrons. The molecule has 1 amide bonds. The molecule has 0 aliphatic carbocycles. The van der Waals surface area contributed by atoms with Crippen molar-refractivity contribution in [3.8, 4) is 0 Å². The van der Waals surface area contributed by atoms with Gasteiger partial charge in [0.1, 0.15) is 5.60 Å². The van der Waals surface area contributed by atoms with Gasteiger partial charge in [-0.1, -0.05) is 12.1 Å². The summed E-state index contributed by atoms with van der Waals surface area (Å²) in [5, 5.41) is 0. The number of pyridine rings is 1. The second-order valence-corrected chi connectivity index (χ2v) is 7.22. The Morgan fingerprint density at radius 3 is 2.77 bits per heavy atom. The molecule has 2 unspecified atom stereocenters. The van der Waals surface area contributed by atoms with E-state index in [1.807, 2.05) is 44.9 Å². The number of carbonyl (C=O) groups excluding carboxylic acids is 1. The summed E-state index contributed by atoms with van der Waals surface area (Å²) in [5.41, 5.74) is 3.14. The summed E-state index contributed by atoms with van der Waals surface area (Å²) < 4.78 is 5.57. The van der Waals surface area contributed by atoms with Gasteiger partial charge in [-0.25, -0.2) is 4.79 Å². The second-order valence-electron chi connectivity index (χ2n) is 7.22. The molecule has 1 aromatic heterocycles. The van der Waals surface area contributed by atoms with Crippen molar-refractivity contribution in [1.82, 2.24) is 9.88 Å². The first kappa shape index (κ1) is 15.1. The van der Waals surface area contributed by atoms with Crippen LogP contribution >= 0.6 is 0 Å². The number of amides is 1. The zero-order valence-electron chi connectivity index (χ0n) is 13.8. The Hall–Kier alpha value is -1.84. The first-order valence-electron chi connectivity index (χ1n) is 7.99. The molecule has 0 spiro atoms. The molecule has 4 nitrogen and oxygen atoms in total. The monoisotopic (exact) mass is 300 g/mol. The summed E-state index contributed by atoms with van der Waals surface area (Å²) in [5.74, 6) is 0. The van der Waals surface area contributed by atoms with Crippen LogP contribution in [0.25, 0.3) is 5.57 Å². The smallest absolute Gasteiger partial charge is 0.411 e. The van der Waals surface area contributed by atoms with E-state index in [-0.39, 0.29) is 18.2 Å². The van der Waals surface area contributed by atoms with Crippen molar-refractivity contribution in [2.45, 2.75) is 64.6 Å². The number of aromatic nitrogens is 1. The largest absolute Gasteiger partial charge is 0.444 e. The van der Waals surface area contributed by atoms with E-state index in [1.54, 1.807) is 0 Å². The molecule has 0 aromatic carbocycles. The molecule has 4 heteroatoms. The fourth-order valence-corrected chi connectivity index (χ4v) is 3.45. The minimum absolute atomic E-state index is 0.156. The summed E-state index contributed by atoms with van der Waals surface area (Å²) in [6.45, 7) is 7.78. The average Bonchev–Trinajstić information content (AvgIpc) is 2.68. The van der Waals surface area contributed by atoms with E-state index in [2.05, 4.69) is 17.1 Å². The summed E-state index contributed by atoms with van der Waals surface area (Å²) in [7, 11) is 0. The minimum Gasteiger partial charge on any atom is -0.444 e. The minimum atomic E-state index is -0.444. The maximum absolute atomic E-state index is 12.4. The van der Waals surface area contributed by atoms with E-state index in [0.717, 1.165) is 25.0 Å².